The molecule has 0 amide bonds. The zero-order valence-electron chi connectivity index (χ0n) is 20.1. The van der Waals surface area contributed by atoms with E-state index in [1.54, 1.807) is 13.0 Å². The molecule has 4 rings (SSSR count). The lowest BCUT2D eigenvalue weighted by Crippen LogP contribution is -2.41. The van der Waals surface area contributed by atoms with E-state index in [4.69, 9.17) is 16.3 Å². The summed E-state index contributed by atoms with van der Waals surface area (Å²) >= 11 is 6.37. The number of hydrogen-bond donors (Lipinski definition) is 2. The van der Waals surface area contributed by atoms with Gasteiger partial charge in [0.25, 0.3) is 0 Å². The lowest BCUT2D eigenvalue weighted by Gasteiger charge is -2.26. The Hall–Kier alpha value is -2.89. The maximum absolute atomic E-state index is 14.0. The van der Waals surface area contributed by atoms with Gasteiger partial charge in [-0.25, -0.2) is 21.9 Å². The third-order valence-electron chi connectivity index (χ3n) is 6.01. The number of aryl methyl sites for hydroxylation is 1. The fraction of sp³-hybridized carbons (Fsp3) is 0.269. The average Bonchev–Trinajstić information content (AvgIpc) is 2.86. The smallest absolute Gasteiger partial charge is 0.240 e. The Morgan fingerprint density at radius 3 is 2.49 bits per heavy atom. The molecule has 7 nitrogen and oxygen atoms in total. The van der Waals surface area contributed by atoms with E-state index in [-0.39, 0.29) is 33.3 Å². The normalized spacial score (nSPS) is 14.5. The van der Waals surface area contributed by atoms with E-state index in [9.17, 15) is 22.0 Å². The van der Waals surface area contributed by atoms with E-state index < -0.39 is 27.4 Å². The Bertz CT molecular complexity index is 1410. The van der Waals surface area contributed by atoms with Gasteiger partial charge in [0.2, 0.25) is 10.0 Å². The molecule has 1 fully saturated rings. The van der Waals surface area contributed by atoms with Crippen molar-refractivity contribution in [2.75, 3.05) is 44.7 Å². The number of hydrogen-bond acceptors (Lipinski definition) is 6. The van der Waals surface area contributed by atoms with Crippen molar-refractivity contribution in [3.63, 3.8) is 0 Å². The number of morpholine rings is 1. The maximum Gasteiger partial charge on any atom is 0.240 e. The molecule has 2 N–H and O–H groups in total. The molecule has 1 heterocycles. The maximum atomic E-state index is 14.0. The van der Waals surface area contributed by atoms with Crippen molar-refractivity contribution in [1.82, 2.24) is 9.62 Å². The van der Waals surface area contributed by atoms with Crippen LogP contribution in [0.4, 0.5) is 20.2 Å². The number of benzene rings is 3. The van der Waals surface area contributed by atoms with Crippen LogP contribution in [0.1, 0.15) is 21.5 Å². The molecule has 0 aromatic heterocycles. The van der Waals surface area contributed by atoms with Crippen molar-refractivity contribution in [2.24, 2.45) is 0 Å². The highest BCUT2D eigenvalue weighted by molar-refractivity contribution is 7.89. The van der Waals surface area contributed by atoms with Crippen molar-refractivity contribution in [1.29, 1.82) is 0 Å². The van der Waals surface area contributed by atoms with Crippen molar-refractivity contribution in [2.45, 2.75) is 11.8 Å². The molecule has 11 heteroatoms. The van der Waals surface area contributed by atoms with E-state index in [0.29, 0.717) is 31.0 Å². The minimum Gasteiger partial charge on any atom is -0.379 e. The van der Waals surface area contributed by atoms with Gasteiger partial charge in [0.05, 0.1) is 28.8 Å². The first-order valence-electron chi connectivity index (χ1n) is 11.6. The summed E-state index contributed by atoms with van der Waals surface area (Å²) in [5.41, 5.74) is 1.38. The summed E-state index contributed by atoms with van der Waals surface area (Å²) in [6.07, 6.45) is 0. The number of carbonyl (C=O) groups excluding carboxylic acids is 1. The van der Waals surface area contributed by atoms with Gasteiger partial charge in [-0.3, -0.25) is 9.69 Å². The first-order chi connectivity index (χ1) is 17.6. The fourth-order valence-corrected chi connectivity index (χ4v) is 5.24. The van der Waals surface area contributed by atoms with Crippen LogP contribution < -0.4 is 10.0 Å². The van der Waals surface area contributed by atoms with Crippen LogP contribution in [0.3, 0.4) is 0 Å². The van der Waals surface area contributed by atoms with Gasteiger partial charge in [0, 0.05) is 49.1 Å². The van der Waals surface area contributed by atoms with Crippen LogP contribution >= 0.6 is 11.6 Å². The number of ether oxygens (including phenoxy) is 1. The summed E-state index contributed by atoms with van der Waals surface area (Å²) in [7, 11) is -3.84. The molecule has 3 aromatic carbocycles. The quantitative estimate of drug-likeness (QED) is 0.382. The second-order valence-electron chi connectivity index (χ2n) is 8.60. The highest BCUT2D eigenvalue weighted by atomic mass is 35.5. The van der Waals surface area contributed by atoms with Crippen molar-refractivity contribution in [3.05, 3.63) is 87.9 Å². The Labute approximate surface area is 219 Å². The van der Waals surface area contributed by atoms with Gasteiger partial charge in [-0.2, -0.15) is 0 Å². The number of halogens is 3. The lowest BCUT2D eigenvalue weighted by atomic mass is 9.99. The number of carbonyl (C=O) groups is 1. The van der Waals surface area contributed by atoms with Crippen LogP contribution in [0, 0.1) is 18.6 Å². The monoisotopic (exact) mass is 549 g/mol. The van der Waals surface area contributed by atoms with Gasteiger partial charge in [0.1, 0.15) is 11.6 Å². The average molecular weight is 550 g/mol. The molecule has 0 atom stereocenters. The Kier molecular flexibility index (Phi) is 8.56. The van der Waals surface area contributed by atoms with Crippen molar-refractivity contribution < 1.29 is 26.7 Å². The van der Waals surface area contributed by atoms with Gasteiger partial charge in [-0.1, -0.05) is 17.7 Å². The molecule has 0 saturated carbocycles. The summed E-state index contributed by atoms with van der Waals surface area (Å²) in [6, 6.07) is 11.9. The third-order valence-corrected chi connectivity index (χ3v) is 7.78. The number of nitrogens with one attached hydrogen (secondary N) is 2. The van der Waals surface area contributed by atoms with Gasteiger partial charge in [0.15, 0.2) is 5.78 Å². The zero-order chi connectivity index (χ0) is 26.6. The van der Waals surface area contributed by atoms with Crippen molar-refractivity contribution in [3.8, 4) is 0 Å². The van der Waals surface area contributed by atoms with Crippen molar-refractivity contribution >= 4 is 38.8 Å². The zero-order valence-corrected chi connectivity index (χ0v) is 21.6. The predicted molar refractivity (Wildman–Crippen MR) is 138 cm³/mol. The third kappa shape index (κ3) is 6.71. The van der Waals surface area contributed by atoms with Crippen LogP contribution in [0.2, 0.25) is 5.02 Å². The van der Waals surface area contributed by atoms with E-state index >= 15 is 0 Å². The molecule has 0 bridgehead atoms. The molecule has 37 heavy (non-hydrogen) atoms. The van der Waals surface area contributed by atoms with Crippen LogP contribution in [0.25, 0.3) is 0 Å². The number of sulfonamides is 1. The van der Waals surface area contributed by atoms with Crippen LogP contribution in [0.15, 0.2) is 59.5 Å². The van der Waals surface area contributed by atoms with Gasteiger partial charge in [-0.15, -0.1) is 0 Å². The van der Waals surface area contributed by atoms with E-state index in [1.807, 2.05) is 0 Å². The molecular formula is C26H26ClF2N3O4S. The molecule has 1 saturated heterocycles. The highest BCUT2D eigenvalue weighted by Gasteiger charge is 2.21. The number of nitrogens with zero attached hydrogens (tertiary/aromatic N) is 1. The largest absolute Gasteiger partial charge is 0.379 e. The van der Waals surface area contributed by atoms with Gasteiger partial charge in [-0.05, 0) is 55.0 Å². The topological polar surface area (TPSA) is 87.7 Å². The Morgan fingerprint density at radius 1 is 1.03 bits per heavy atom. The number of rotatable bonds is 9. The summed E-state index contributed by atoms with van der Waals surface area (Å²) in [5, 5.41) is 2.89. The minimum absolute atomic E-state index is 0.0235. The Balaban J connectivity index is 1.49. The molecule has 0 spiro atoms. The molecular weight excluding hydrogens is 524 g/mol. The number of anilines is 2. The van der Waals surface area contributed by atoms with Gasteiger partial charge >= 0.3 is 0 Å². The molecule has 0 radical (unpaired) electrons. The SMILES string of the molecule is Cc1ccc(S(=O)(=O)NCCN2CCOCC2)cc1C(=O)c1ccc(Nc2ccc(F)cc2F)cc1Cl. The minimum atomic E-state index is -3.84. The lowest BCUT2D eigenvalue weighted by molar-refractivity contribution is 0.0390. The van der Waals surface area contributed by atoms with Crippen LogP contribution in [-0.4, -0.2) is 58.5 Å². The fourth-order valence-electron chi connectivity index (χ4n) is 3.93. The van der Waals surface area contributed by atoms with Crippen LogP contribution in [0.5, 0.6) is 0 Å². The van der Waals surface area contributed by atoms with E-state index in [0.717, 1.165) is 25.2 Å². The Morgan fingerprint density at radius 2 is 1.78 bits per heavy atom. The molecule has 0 unspecified atom stereocenters. The number of ketones is 1. The van der Waals surface area contributed by atoms with E-state index in [1.165, 1.54) is 36.4 Å². The molecule has 196 valence electrons. The predicted octanol–water partition coefficient (Wildman–Crippen LogP) is 4.51. The molecule has 3 aromatic rings. The van der Waals surface area contributed by atoms with Gasteiger partial charge < -0.3 is 10.1 Å². The summed E-state index contributed by atoms with van der Waals surface area (Å²) in [6.45, 7) is 5.23. The first-order valence-corrected chi connectivity index (χ1v) is 13.5. The van der Waals surface area contributed by atoms with Crippen LogP contribution in [-0.2, 0) is 14.8 Å². The second-order valence-corrected chi connectivity index (χ2v) is 10.8. The standard InChI is InChI=1S/C26H26ClF2N3O4S/c1-17-2-5-20(37(34,35)30-8-9-32-10-12-36-13-11-32)16-22(17)26(33)21-6-4-19(15-23(21)27)31-25-7-3-18(28)14-24(25)29/h2-7,14-16,30-31H,8-13H2,1H3. The van der Waals surface area contributed by atoms with E-state index in [2.05, 4.69) is 14.9 Å². The molecule has 1 aliphatic rings. The molecule has 1 aliphatic heterocycles. The summed E-state index contributed by atoms with van der Waals surface area (Å²) < 4.78 is 60.8. The first kappa shape index (κ1) is 27.2. The second kappa shape index (κ2) is 11.7. The highest BCUT2D eigenvalue weighted by Crippen LogP contribution is 2.28. The molecule has 0 aliphatic carbocycles. The summed E-state index contributed by atoms with van der Waals surface area (Å²) in [4.78, 5) is 15.4. The summed E-state index contributed by atoms with van der Waals surface area (Å²) in [5.74, 6) is -1.93.